The number of aliphatic hydroxyl groups is 1. The highest BCUT2D eigenvalue weighted by atomic mass is 16.5. The lowest BCUT2D eigenvalue weighted by atomic mass is 9.69. The highest BCUT2D eigenvalue weighted by Crippen LogP contribution is 2.49. The lowest BCUT2D eigenvalue weighted by Crippen LogP contribution is -2.38. The van der Waals surface area contributed by atoms with Gasteiger partial charge >= 0.3 is 6.09 Å². The number of benzene rings is 2. The molecule has 0 radical (unpaired) electrons. The van der Waals surface area contributed by atoms with Crippen molar-refractivity contribution in [2.45, 2.75) is 32.3 Å². The van der Waals surface area contributed by atoms with Crippen LogP contribution < -0.4 is 0 Å². The van der Waals surface area contributed by atoms with Crippen molar-refractivity contribution in [3.05, 3.63) is 58.7 Å². The van der Waals surface area contributed by atoms with Crippen LogP contribution in [0.5, 0.6) is 5.75 Å². The Morgan fingerprint density at radius 1 is 1.14 bits per heavy atom. The van der Waals surface area contributed by atoms with Crippen molar-refractivity contribution in [3.63, 3.8) is 0 Å². The van der Waals surface area contributed by atoms with Crippen molar-refractivity contribution in [3.8, 4) is 5.75 Å². The molecule has 0 spiro atoms. The molecule has 8 nitrogen and oxygen atoms in total. The summed E-state index contributed by atoms with van der Waals surface area (Å²) in [5.41, 5.74) is 3.76. The van der Waals surface area contributed by atoms with E-state index in [0.29, 0.717) is 11.3 Å². The van der Waals surface area contributed by atoms with Crippen LogP contribution >= 0.6 is 0 Å². The summed E-state index contributed by atoms with van der Waals surface area (Å²) in [6.07, 6.45) is 2.48. The van der Waals surface area contributed by atoms with Crippen LogP contribution in [-0.2, 0) is 19.1 Å². The molecule has 1 aliphatic carbocycles. The molecule has 0 unspecified atom stereocenters. The second kappa shape index (κ2) is 9.52. The van der Waals surface area contributed by atoms with Gasteiger partial charge in [0.2, 0.25) is 11.8 Å². The van der Waals surface area contributed by atoms with E-state index in [1.807, 2.05) is 37.3 Å². The van der Waals surface area contributed by atoms with Crippen LogP contribution in [0.4, 0.5) is 4.79 Å². The predicted molar refractivity (Wildman–Crippen MR) is 132 cm³/mol. The van der Waals surface area contributed by atoms with Crippen molar-refractivity contribution < 1.29 is 34.1 Å². The first-order valence-electron chi connectivity index (χ1n) is 12.1. The third-order valence-electron chi connectivity index (χ3n) is 7.69. The SMILES string of the molecule is COC(=O)N1C(=O)[C@@H]2[C@@H](CC(CO)=C3[C@@H](CC/C(C)=C/c4ccc(O)c5ccccc45)OC[C@@H]32)C1=O. The van der Waals surface area contributed by atoms with Gasteiger partial charge < -0.3 is 19.7 Å². The average molecular weight is 492 g/mol. The van der Waals surface area contributed by atoms with Crippen molar-refractivity contribution in [2.75, 3.05) is 20.3 Å². The number of phenols is 1. The quantitative estimate of drug-likeness (QED) is 0.483. The number of aliphatic hydroxyl groups excluding tert-OH is 1. The molecule has 2 aromatic rings. The summed E-state index contributed by atoms with van der Waals surface area (Å²) >= 11 is 0. The second-order valence-corrected chi connectivity index (χ2v) is 9.71. The Kier molecular flexibility index (Phi) is 6.40. The minimum Gasteiger partial charge on any atom is -0.507 e. The first-order valence-corrected chi connectivity index (χ1v) is 12.1. The molecular formula is C28H29NO7. The lowest BCUT2D eigenvalue weighted by Gasteiger charge is -2.31. The maximum absolute atomic E-state index is 13.0. The van der Waals surface area contributed by atoms with Crippen LogP contribution in [0.2, 0.25) is 0 Å². The van der Waals surface area contributed by atoms with Crippen molar-refractivity contribution >= 4 is 34.8 Å². The smallest absolute Gasteiger partial charge is 0.423 e. The van der Waals surface area contributed by atoms with E-state index in [-0.39, 0.29) is 37.4 Å². The molecule has 0 bridgehead atoms. The lowest BCUT2D eigenvalue weighted by molar-refractivity contribution is -0.137. The van der Waals surface area contributed by atoms with E-state index < -0.39 is 29.7 Å². The summed E-state index contributed by atoms with van der Waals surface area (Å²) < 4.78 is 10.7. The van der Waals surface area contributed by atoms with Crippen molar-refractivity contribution in [1.29, 1.82) is 0 Å². The number of rotatable bonds is 5. The summed E-state index contributed by atoms with van der Waals surface area (Å²) in [6.45, 7) is 2.09. The first kappa shape index (κ1) is 24.2. The van der Waals surface area contributed by atoms with Crippen LogP contribution in [0.1, 0.15) is 31.7 Å². The Morgan fingerprint density at radius 2 is 1.89 bits per heavy atom. The number of imide groups is 3. The minimum atomic E-state index is -0.968. The van der Waals surface area contributed by atoms with E-state index in [1.54, 1.807) is 6.07 Å². The van der Waals surface area contributed by atoms with Gasteiger partial charge in [-0.3, -0.25) is 9.59 Å². The number of carbonyl (C=O) groups excluding carboxylic acids is 3. The van der Waals surface area contributed by atoms with Gasteiger partial charge in [-0.15, -0.1) is 0 Å². The van der Waals surface area contributed by atoms with Gasteiger partial charge in [-0.2, -0.15) is 4.90 Å². The Bertz CT molecular complexity index is 1310. The topological polar surface area (TPSA) is 113 Å². The normalized spacial score (nSPS) is 26.0. The van der Waals surface area contributed by atoms with E-state index in [4.69, 9.17) is 4.74 Å². The van der Waals surface area contributed by atoms with Gasteiger partial charge in [-0.25, -0.2) is 4.79 Å². The number of fused-ring (bicyclic) bond motifs is 4. The van der Waals surface area contributed by atoms with Crippen molar-refractivity contribution in [1.82, 2.24) is 4.90 Å². The second-order valence-electron chi connectivity index (χ2n) is 9.71. The van der Waals surface area contributed by atoms with Crippen LogP contribution in [0.3, 0.4) is 0 Å². The maximum Gasteiger partial charge on any atom is 0.423 e. The van der Waals surface area contributed by atoms with Gasteiger partial charge in [-0.1, -0.05) is 42.0 Å². The zero-order valence-electron chi connectivity index (χ0n) is 20.3. The Labute approximate surface area is 208 Å². The van der Waals surface area contributed by atoms with Crippen LogP contribution in [0.25, 0.3) is 16.8 Å². The van der Waals surface area contributed by atoms with E-state index in [9.17, 15) is 24.6 Å². The molecule has 2 aliphatic heterocycles. The molecule has 3 amide bonds. The molecule has 4 atom stereocenters. The molecule has 0 saturated carbocycles. The van der Waals surface area contributed by atoms with Gasteiger partial charge in [0.1, 0.15) is 5.75 Å². The third-order valence-corrected chi connectivity index (χ3v) is 7.69. The fourth-order valence-corrected chi connectivity index (χ4v) is 6.02. The molecule has 2 fully saturated rings. The predicted octanol–water partition coefficient (Wildman–Crippen LogP) is 3.80. The van der Waals surface area contributed by atoms with E-state index in [0.717, 1.165) is 46.6 Å². The minimum absolute atomic E-state index is 0.219. The number of likely N-dealkylation sites (tertiary alicyclic amines) is 1. The largest absolute Gasteiger partial charge is 0.507 e. The summed E-state index contributed by atoms with van der Waals surface area (Å²) in [7, 11) is 1.14. The van der Waals surface area contributed by atoms with Crippen LogP contribution in [-0.4, -0.2) is 59.4 Å². The number of nitrogens with zero attached hydrogens (tertiary/aromatic N) is 1. The molecule has 5 rings (SSSR count). The zero-order valence-corrected chi connectivity index (χ0v) is 20.3. The molecular weight excluding hydrogens is 462 g/mol. The summed E-state index contributed by atoms with van der Waals surface area (Å²) in [6, 6.07) is 11.3. The van der Waals surface area contributed by atoms with Gasteiger partial charge in [0, 0.05) is 11.3 Å². The Balaban J connectivity index is 1.36. The third kappa shape index (κ3) is 3.90. The standard InChI is InChI=1S/C28H29NO7/c1-15(11-16-8-9-22(31)19-6-4-3-5-18(16)19)7-10-23-24-17(13-30)12-20-25(21(24)14-36-23)27(33)29(26(20)32)28(34)35-2/h3-6,8-9,11,20-21,23,25,30-31H,7,10,12-14H2,1-2H3/b15-11+/t20-,21+,23-,25-/m1/s1. The van der Waals surface area contributed by atoms with Gasteiger partial charge in [0.15, 0.2) is 0 Å². The molecule has 2 aromatic carbocycles. The van der Waals surface area contributed by atoms with E-state index >= 15 is 0 Å². The highest BCUT2D eigenvalue weighted by Gasteiger charge is 2.58. The number of methoxy groups -OCH3 is 1. The molecule has 36 heavy (non-hydrogen) atoms. The number of allylic oxidation sites excluding steroid dienone is 1. The van der Waals surface area contributed by atoms with Gasteiger partial charge in [0.25, 0.3) is 0 Å². The van der Waals surface area contributed by atoms with Gasteiger partial charge in [-0.05, 0) is 54.3 Å². The molecule has 188 valence electrons. The number of phenolic OH excluding ortho intramolecular Hbond substituents is 1. The number of amides is 3. The number of hydrogen-bond donors (Lipinski definition) is 2. The van der Waals surface area contributed by atoms with Crippen LogP contribution in [0, 0.1) is 17.8 Å². The molecule has 3 aliphatic rings. The molecule has 8 heteroatoms. The zero-order chi connectivity index (χ0) is 25.6. The fraction of sp³-hybridized carbons (Fsp3) is 0.393. The number of aromatic hydroxyl groups is 1. The molecule has 2 heterocycles. The maximum atomic E-state index is 13.0. The van der Waals surface area contributed by atoms with E-state index in [1.165, 1.54) is 0 Å². The summed E-state index contributed by atoms with van der Waals surface area (Å²) in [5, 5.41) is 22.0. The molecule has 0 aromatic heterocycles. The fourth-order valence-electron chi connectivity index (χ4n) is 6.02. The van der Waals surface area contributed by atoms with Crippen molar-refractivity contribution in [2.24, 2.45) is 17.8 Å². The monoisotopic (exact) mass is 491 g/mol. The number of ether oxygens (including phenoxy) is 2. The van der Waals surface area contributed by atoms with Gasteiger partial charge in [0.05, 0.1) is 38.3 Å². The highest BCUT2D eigenvalue weighted by molar-refractivity contribution is 6.16. The molecule has 2 saturated heterocycles. The molecule has 2 N–H and O–H groups in total. The number of carbonyl (C=O) groups is 3. The number of hydrogen-bond acceptors (Lipinski definition) is 7. The van der Waals surface area contributed by atoms with E-state index in [2.05, 4.69) is 10.8 Å². The Morgan fingerprint density at radius 3 is 2.61 bits per heavy atom. The Hall–Kier alpha value is -3.49. The summed E-state index contributed by atoms with van der Waals surface area (Å²) in [5.74, 6) is -2.56. The first-order chi connectivity index (χ1) is 17.3. The average Bonchev–Trinajstić information content (AvgIpc) is 3.42. The van der Waals surface area contributed by atoms with Crippen LogP contribution in [0.15, 0.2) is 53.1 Å². The summed E-state index contributed by atoms with van der Waals surface area (Å²) in [4.78, 5) is 38.5.